The first-order valence-corrected chi connectivity index (χ1v) is 6.31. The molecule has 0 amide bonds. The van der Waals surface area contributed by atoms with E-state index in [4.69, 9.17) is 9.47 Å². The number of pyridine rings is 1. The van der Waals surface area contributed by atoms with Crippen LogP contribution >= 0.6 is 0 Å². The van der Waals surface area contributed by atoms with E-state index < -0.39 is 0 Å². The summed E-state index contributed by atoms with van der Waals surface area (Å²) in [6.07, 6.45) is 7.83. The lowest BCUT2D eigenvalue weighted by Gasteiger charge is -2.35. The Morgan fingerprint density at radius 3 is 2.65 bits per heavy atom. The lowest BCUT2D eigenvalue weighted by Crippen LogP contribution is -2.39. The summed E-state index contributed by atoms with van der Waals surface area (Å²) < 4.78 is 11.4. The second-order valence-corrected chi connectivity index (χ2v) is 4.77. The summed E-state index contributed by atoms with van der Waals surface area (Å²) in [4.78, 5) is 4.11. The van der Waals surface area contributed by atoms with Crippen molar-refractivity contribution in [1.29, 1.82) is 0 Å². The highest BCUT2D eigenvalue weighted by Crippen LogP contribution is 2.36. The van der Waals surface area contributed by atoms with Crippen molar-refractivity contribution in [2.45, 2.75) is 37.5 Å². The molecule has 3 rings (SSSR count). The summed E-state index contributed by atoms with van der Waals surface area (Å²) in [5.74, 6) is -0.257. The van der Waals surface area contributed by atoms with Crippen LogP contribution in [0.4, 0.5) is 5.69 Å². The smallest absolute Gasteiger partial charge is 0.168 e. The summed E-state index contributed by atoms with van der Waals surface area (Å²) in [7, 11) is 0. The molecule has 0 radical (unpaired) electrons. The maximum atomic E-state index is 5.72. The van der Waals surface area contributed by atoms with E-state index in [0.29, 0.717) is 6.04 Å². The van der Waals surface area contributed by atoms with E-state index in [1.165, 1.54) is 0 Å². The number of hydrogen-bond acceptors (Lipinski definition) is 4. The minimum Gasteiger partial charge on any atom is -0.381 e. The molecule has 0 unspecified atom stereocenters. The first-order chi connectivity index (χ1) is 8.36. The molecule has 1 N–H and O–H groups in total. The Morgan fingerprint density at radius 2 is 2.00 bits per heavy atom. The van der Waals surface area contributed by atoms with Crippen LogP contribution in [0.3, 0.4) is 0 Å². The van der Waals surface area contributed by atoms with E-state index in [9.17, 15) is 0 Å². The first kappa shape index (κ1) is 11.0. The zero-order chi connectivity index (χ0) is 11.6. The van der Waals surface area contributed by atoms with Crippen LogP contribution in [0.15, 0.2) is 24.5 Å². The van der Waals surface area contributed by atoms with Gasteiger partial charge in [0.25, 0.3) is 0 Å². The molecule has 1 aromatic rings. The fraction of sp³-hybridized carbons (Fsp3) is 0.615. The quantitative estimate of drug-likeness (QED) is 0.851. The zero-order valence-corrected chi connectivity index (χ0v) is 9.89. The average Bonchev–Trinajstić information content (AvgIpc) is 2.83. The maximum absolute atomic E-state index is 5.72. The van der Waals surface area contributed by atoms with Crippen molar-refractivity contribution < 1.29 is 9.47 Å². The zero-order valence-electron chi connectivity index (χ0n) is 9.89. The number of rotatable bonds is 2. The van der Waals surface area contributed by atoms with Crippen molar-refractivity contribution in [3.05, 3.63) is 24.5 Å². The van der Waals surface area contributed by atoms with Crippen LogP contribution in [0, 0.1) is 0 Å². The Labute approximate surface area is 101 Å². The van der Waals surface area contributed by atoms with Gasteiger partial charge < -0.3 is 14.8 Å². The van der Waals surface area contributed by atoms with Gasteiger partial charge in [-0.25, -0.2) is 0 Å². The highest BCUT2D eigenvalue weighted by Gasteiger charge is 2.40. The van der Waals surface area contributed by atoms with Gasteiger partial charge in [0, 0.05) is 31.3 Å². The summed E-state index contributed by atoms with van der Waals surface area (Å²) in [6, 6.07) is 4.52. The van der Waals surface area contributed by atoms with Crippen LogP contribution in [-0.4, -0.2) is 30.0 Å². The topological polar surface area (TPSA) is 43.4 Å². The Hall–Kier alpha value is -1.13. The maximum Gasteiger partial charge on any atom is 0.168 e. The van der Waals surface area contributed by atoms with Crippen molar-refractivity contribution in [2.24, 2.45) is 0 Å². The number of nitrogens with zero attached hydrogens (tertiary/aromatic N) is 1. The van der Waals surface area contributed by atoms with Gasteiger partial charge in [0.1, 0.15) is 0 Å². The highest BCUT2D eigenvalue weighted by molar-refractivity contribution is 5.40. The van der Waals surface area contributed by atoms with Crippen LogP contribution in [0.1, 0.15) is 25.7 Å². The van der Waals surface area contributed by atoms with E-state index in [0.717, 1.165) is 44.6 Å². The van der Waals surface area contributed by atoms with Crippen LogP contribution < -0.4 is 5.32 Å². The molecule has 92 valence electrons. The minimum absolute atomic E-state index is 0.257. The summed E-state index contributed by atoms with van der Waals surface area (Å²) in [5.41, 5.74) is 1.10. The van der Waals surface area contributed by atoms with Crippen molar-refractivity contribution in [3.63, 3.8) is 0 Å². The molecule has 2 aliphatic rings. The number of hydrogen-bond donors (Lipinski definition) is 1. The minimum atomic E-state index is -0.257. The van der Waals surface area contributed by atoms with Gasteiger partial charge in [-0.15, -0.1) is 0 Å². The predicted octanol–water partition coefficient (Wildman–Crippen LogP) is 2.18. The van der Waals surface area contributed by atoms with Crippen molar-refractivity contribution >= 4 is 5.69 Å². The average molecular weight is 234 g/mol. The Morgan fingerprint density at radius 1 is 1.24 bits per heavy atom. The third-order valence-electron chi connectivity index (χ3n) is 3.59. The third-order valence-corrected chi connectivity index (χ3v) is 3.59. The van der Waals surface area contributed by atoms with Crippen LogP contribution in [-0.2, 0) is 9.47 Å². The van der Waals surface area contributed by atoms with Gasteiger partial charge in [-0.05, 0) is 25.0 Å². The molecule has 1 aliphatic carbocycles. The second kappa shape index (κ2) is 4.63. The first-order valence-electron chi connectivity index (χ1n) is 6.31. The van der Waals surface area contributed by atoms with Crippen molar-refractivity contribution in [1.82, 2.24) is 4.98 Å². The third kappa shape index (κ3) is 2.42. The number of anilines is 1. The van der Waals surface area contributed by atoms with Crippen molar-refractivity contribution in [3.8, 4) is 0 Å². The van der Waals surface area contributed by atoms with Gasteiger partial charge in [0.2, 0.25) is 0 Å². The number of aromatic nitrogens is 1. The Balaban J connectivity index is 1.55. The van der Waals surface area contributed by atoms with Crippen molar-refractivity contribution in [2.75, 3.05) is 18.5 Å². The molecule has 2 fully saturated rings. The molecular weight excluding hydrogens is 216 g/mol. The SMILES string of the molecule is c1cncc(NC2CCC3(CC2)OCCO3)c1. The highest BCUT2D eigenvalue weighted by atomic mass is 16.7. The van der Waals surface area contributed by atoms with Gasteiger partial charge in [-0.1, -0.05) is 0 Å². The lowest BCUT2D eigenvalue weighted by atomic mass is 9.90. The summed E-state index contributed by atoms with van der Waals surface area (Å²) >= 11 is 0. The Kier molecular flexibility index (Phi) is 2.99. The fourth-order valence-electron chi connectivity index (χ4n) is 2.67. The van der Waals surface area contributed by atoms with E-state index >= 15 is 0 Å². The molecule has 0 atom stereocenters. The molecule has 0 bridgehead atoms. The summed E-state index contributed by atoms with van der Waals surface area (Å²) in [5, 5.41) is 3.51. The fourth-order valence-corrected chi connectivity index (χ4v) is 2.67. The number of ether oxygens (including phenoxy) is 2. The van der Waals surface area contributed by atoms with Gasteiger partial charge in [-0.2, -0.15) is 0 Å². The molecule has 1 aliphatic heterocycles. The summed E-state index contributed by atoms with van der Waals surface area (Å²) in [6.45, 7) is 1.50. The molecular formula is C13H18N2O2. The largest absolute Gasteiger partial charge is 0.381 e. The van der Waals surface area contributed by atoms with Gasteiger partial charge >= 0.3 is 0 Å². The van der Waals surface area contributed by atoms with Crippen LogP contribution in [0.5, 0.6) is 0 Å². The molecule has 0 aromatic carbocycles. The monoisotopic (exact) mass is 234 g/mol. The van der Waals surface area contributed by atoms with E-state index in [-0.39, 0.29) is 5.79 Å². The molecule has 2 heterocycles. The molecule has 1 spiro atoms. The molecule has 1 saturated heterocycles. The normalized spacial score (nSPS) is 24.0. The van der Waals surface area contributed by atoms with Gasteiger partial charge in [0.15, 0.2) is 5.79 Å². The van der Waals surface area contributed by atoms with Gasteiger partial charge in [0.05, 0.1) is 18.9 Å². The van der Waals surface area contributed by atoms with Crippen LogP contribution in [0.25, 0.3) is 0 Å². The van der Waals surface area contributed by atoms with E-state index in [2.05, 4.69) is 16.4 Å². The lowest BCUT2D eigenvalue weighted by molar-refractivity contribution is -0.177. The second-order valence-electron chi connectivity index (χ2n) is 4.77. The molecule has 17 heavy (non-hydrogen) atoms. The standard InChI is InChI=1S/C13H18N2O2/c1-2-12(10-14-7-1)15-11-3-5-13(6-4-11)16-8-9-17-13/h1-2,7,10-11,15H,3-6,8-9H2. The molecule has 4 heteroatoms. The predicted molar refractivity (Wildman–Crippen MR) is 64.8 cm³/mol. The molecule has 1 saturated carbocycles. The molecule has 4 nitrogen and oxygen atoms in total. The number of nitrogens with one attached hydrogen (secondary N) is 1. The van der Waals surface area contributed by atoms with Gasteiger partial charge in [-0.3, -0.25) is 4.98 Å². The van der Waals surface area contributed by atoms with Crippen LogP contribution in [0.2, 0.25) is 0 Å². The van der Waals surface area contributed by atoms with E-state index in [1.54, 1.807) is 6.20 Å². The van der Waals surface area contributed by atoms with E-state index in [1.807, 2.05) is 12.3 Å². The molecule has 1 aromatic heterocycles. The Bertz CT molecular complexity index is 353.